The molecule has 2 N–H and O–H groups in total. The second-order valence-corrected chi connectivity index (χ2v) is 6.65. The molecule has 0 aromatic heterocycles. The van der Waals surface area contributed by atoms with E-state index in [-0.39, 0.29) is 5.97 Å². The highest BCUT2D eigenvalue weighted by molar-refractivity contribution is 5.89. The van der Waals surface area contributed by atoms with Crippen LogP contribution in [0.4, 0.5) is 10.5 Å². The van der Waals surface area contributed by atoms with Crippen LogP contribution in [-0.2, 0) is 18.9 Å². The molecule has 27 heavy (non-hydrogen) atoms. The van der Waals surface area contributed by atoms with Crippen LogP contribution in [0, 0.1) is 0 Å². The Labute approximate surface area is 160 Å². The third-order valence-electron chi connectivity index (χ3n) is 3.17. The molecular formula is C19H30N2O6. The summed E-state index contributed by atoms with van der Waals surface area (Å²) < 4.78 is 20.6. The number of amides is 1. The zero-order chi connectivity index (χ0) is 20.1. The van der Waals surface area contributed by atoms with Gasteiger partial charge in [-0.1, -0.05) is 0 Å². The zero-order valence-corrected chi connectivity index (χ0v) is 16.5. The van der Waals surface area contributed by atoms with Crippen LogP contribution >= 0.6 is 0 Å². The molecule has 1 amide bonds. The molecule has 152 valence electrons. The zero-order valence-electron chi connectivity index (χ0n) is 16.5. The van der Waals surface area contributed by atoms with Gasteiger partial charge in [-0.25, -0.2) is 9.59 Å². The van der Waals surface area contributed by atoms with Crippen LogP contribution in [0.3, 0.4) is 0 Å². The van der Waals surface area contributed by atoms with Gasteiger partial charge in [0.1, 0.15) is 5.60 Å². The smallest absolute Gasteiger partial charge is 0.407 e. The lowest BCUT2D eigenvalue weighted by Gasteiger charge is -2.19. The third kappa shape index (κ3) is 11.1. The summed E-state index contributed by atoms with van der Waals surface area (Å²) in [6.45, 7) is 8.30. The Kier molecular flexibility index (Phi) is 10.2. The molecule has 1 rings (SSSR count). The van der Waals surface area contributed by atoms with Crippen LogP contribution in [0.15, 0.2) is 24.3 Å². The highest BCUT2D eigenvalue weighted by atomic mass is 16.6. The van der Waals surface area contributed by atoms with Gasteiger partial charge in [0.05, 0.1) is 39.1 Å². The fourth-order valence-corrected chi connectivity index (χ4v) is 1.97. The maximum Gasteiger partial charge on any atom is 0.407 e. The van der Waals surface area contributed by atoms with Crippen molar-refractivity contribution in [1.29, 1.82) is 0 Å². The molecule has 0 radical (unpaired) electrons. The largest absolute Gasteiger partial charge is 0.465 e. The molecule has 1 aromatic carbocycles. The maximum absolute atomic E-state index is 11.4. The normalized spacial score (nSPS) is 11.0. The second kappa shape index (κ2) is 12.1. The number of carbonyl (C=O) groups excluding carboxylic acids is 2. The van der Waals surface area contributed by atoms with Crippen LogP contribution in [0.25, 0.3) is 0 Å². The number of anilines is 1. The van der Waals surface area contributed by atoms with Gasteiger partial charge in [-0.15, -0.1) is 0 Å². The predicted octanol–water partition coefficient (Wildman–Crippen LogP) is 2.44. The van der Waals surface area contributed by atoms with Gasteiger partial charge in [-0.2, -0.15) is 0 Å². The summed E-state index contributed by atoms with van der Waals surface area (Å²) in [6, 6.07) is 7.03. The maximum atomic E-state index is 11.4. The number of rotatable bonds is 11. The van der Waals surface area contributed by atoms with Crippen LogP contribution in [-0.4, -0.2) is 64.3 Å². The van der Waals surface area contributed by atoms with E-state index < -0.39 is 11.7 Å². The SMILES string of the molecule is COC(=O)c1ccc(NCCOCCOCCNC(=O)OC(C)(C)C)cc1. The lowest BCUT2D eigenvalue weighted by Crippen LogP contribution is -2.34. The average Bonchev–Trinajstić information content (AvgIpc) is 2.61. The van der Waals surface area contributed by atoms with Crippen LogP contribution in [0.1, 0.15) is 31.1 Å². The van der Waals surface area contributed by atoms with Crippen molar-refractivity contribution in [2.24, 2.45) is 0 Å². The molecule has 8 heteroatoms. The molecule has 0 saturated carbocycles. The summed E-state index contributed by atoms with van der Waals surface area (Å²) in [5.41, 5.74) is 0.907. The van der Waals surface area contributed by atoms with Gasteiger partial charge in [-0.05, 0) is 45.0 Å². The fourth-order valence-electron chi connectivity index (χ4n) is 1.97. The van der Waals surface area contributed by atoms with E-state index in [1.165, 1.54) is 7.11 Å². The Balaban J connectivity index is 1.97. The van der Waals surface area contributed by atoms with Gasteiger partial charge < -0.3 is 29.6 Å². The first-order valence-corrected chi connectivity index (χ1v) is 8.86. The number of nitrogens with one attached hydrogen (secondary N) is 2. The molecule has 1 aromatic rings. The average molecular weight is 382 g/mol. The molecule has 0 saturated heterocycles. The first-order chi connectivity index (χ1) is 12.8. The number of benzene rings is 1. The van der Waals surface area contributed by atoms with Crippen molar-refractivity contribution < 1.29 is 28.5 Å². The van der Waals surface area contributed by atoms with Gasteiger partial charge in [0.15, 0.2) is 0 Å². The lowest BCUT2D eigenvalue weighted by atomic mass is 10.2. The Hall–Kier alpha value is -2.32. The lowest BCUT2D eigenvalue weighted by molar-refractivity contribution is 0.0415. The van der Waals surface area contributed by atoms with Gasteiger partial charge in [0.25, 0.3) is 0 Å². The van der Waals surface area contributed by atoms with E-state index in [0.29, 0.717) is 45.1 Å². The number of hydrogen-bond donors (Lipinski definition) is 2. The van der Waals surface area contributed by atoms with Gasteiger partial charge in [-0.3, -0.25) is 0 Å². The quantitative estimate of drug-likeness (QED) is 0.448. The summed E-state index contributed by atoms with van der Waals surface area (Å²) in [5, 5.41) is 5.81. The molecule has 0 spiro atoms. The fraction of sp³-hybridized carbons (Fsp3) is 0.579. The molecule has 0 atom stereocenters. The van der Waals surface area contributed by atoms with Gasteiger partial charge in [0, 0.05) is 18.8 Å². The van der Waals surface area contributed by atoms with Gasteiger partial charge in [0.2, 0.25) is 0 Å². The Morgan fingerprint density at radius 1 is 0.926 bits per heavy atom. The second-order valence-electron chi connectivity index (χ2n) is 6.65. The molecule has 0 aliphatic heterocycles. The van der Waals surface area contributed by atoms with E-state index >= 15 is 0 Å². The minimum atomic E-state index is -0.504. The number of ether oxygens (including phenoxy) is 4. The van der Waals surface area contributed by atoms with Crippen molar-refractivity contribution >= 4 is 17.7 Å². The van der Waals surface area contributed by atoms with Crippen LogP contribution in [0.2, 0.25) is 0 Å². The number of alkyl carbamates (subject to hydrolysis) is 1. The molecular weight excluding hydrogens is 352 g/mol. The topological polar surface area (TPSA) is 95.1 Å². The molecule has 0 unspecified atom stereocenters. The van der Waals surface area contributed by atoms with Crippen molar-refractivity contribution in [2.45, 2.75) is 26.4 Å². The van der Waals surface area contributed by atoms with Crippen molar-refractivity contribution in [3.05, 3.63) is 29.8 Å². The third-order valence-corrected chi connectivity index (χ3v) is 3.17. The summed E-state index contributed by atoms with van der Waals surface area (Å²) in [5.74, 6) is -0.355. The Bertz CT molecular complexity index is 569. The summed E-state index contributed by atoms with van der Waals surface area (Å²) in [7, 11) is 1.35. The molecule has 8 nitrogen and oxygen atoms in total. The molecule has 0 heterocycles. The monoisotopic (exact) mass is 382 g/mol. The van der Waals surface area contributed by atoms with Crippen molar-refractivity contribution in [3.8, 4) is 0 Å². The van der Waals surface area contributed by atoms with E-state index in [2.05, 4.69) is 15.4 Å². The molecule has 0 bridgehead atoms. The first kappa shape index (κ1) is 22.7. The molecule has 0 aliphatic rings. The van der Waals surface area contributed by atoms with Crippen molar-refractivity contribution in [3.63, 3.8) is 0 Å². The van der Waals surface area contributed by atoms with E-state index in [0.717, 1.165) is 5.69 Å². The number of carbonyl (C=O) groups is 2. The first-order valence-electron chi connectivity index (χ1n) is 8.86. The van der Waals surface area contributed by atoms with E-state index in [4.69, 9.17) is 14.2 Å². The van der Waals surface area contributed by atoms with Gasteiger partial charge >= 0.3 is 12.1 Å². The highest BCUT2D eigenvalue weighted by Gasteiger charge is 2.15. The van der Waals surface area contributed by atoms with Crippen LogP contribution in [0.5, 0.6) is 0 Å². The molecule has 0 fully saturated rings. The molecule has 0 aliphatic carbocycles. The van der Waals surface area contributed by atoms with Crippen molar-refractivity contribution in [2.75, 3.05) is 51.9 Å². The number of methoxy groups -OCH3 is 1. The summed E-state index contributed by atoms with van der Waals surface area (Å²) in [4.78, 5) is 22.7. The predicted molar refractivity (Wildman–Crippen MR) is 102 cm³/mol. The number of hydrogen-bond acceptors (Lipinski definition) is 7. The minimum absolute atomic E-state index is 0.355. The summed E-state index contributed by atoms with van der Waals surface area (Å²) >= 11 is 0. The van der Waals surface area contributed by atoms with Crippen molar-refractivity contribution in [1.82, 2.24) is 5.32 Å². The highest BCUT2D eigenvalue weighted by Crippen LogP contribution is 2.10. The summed E-state index contributed by atoms with van der Waals surface area (Å²) in [6.07, 6.45) is -0.451. The van der Waals surface area contributed by atoms with E-state index in [1.807, 2.05) is 32.9 Å². The standard InChI is InChI=1S/C19H30N2O6/c1-19(2,3)27-18(23)21-10-12-26-14-13-25-11-9-20-16-7-5-15(6-8-16)17(22)24-4/h5-8,20H,9-14H2,1-4H3,(H,21,23). The Morgan fingerprint density at radius 2 is 1.52 bits per heavy atom. The number of esters is 1. The Morgan fingerprint density at radius 3 is 2.07 bits per heavy atom. The van der Waals surface area contributed by atoms with Crippen LogP contribution < -0.4 is 10.6 Å². The minimum Gasteiger partial charge on any atom is -0.465 e. The van der Waals surface area contributed by atoms with E-state index in [1.54, 1.807) is 12.1 Å². The van der Waals surface area contributed by atoms with E-state index in [9.17, 15) is 9.59 Å².